The summed E-state index contributed by atoms with van der Waals surface area (Å²) in [6, 6.07) is 2.56. The van der Waals surface area contributed by atoms with Gasteiger partial charge in [-0.15, -0.1) is 16.6 Å². The molecule has 36 heavy (non-hydrogen) atoms. The molecule has 2 aliphatic rings. The number of rotatable bonds is 7. The van der Waals surface area contributed by atoms with Crippen LogP contribution in [0.25, 0.3) is 16.0 Å². The van der Waals surface area contributed by atoms with Crippen LogP contribution in [0.2, 0.25) is 0 Å². The molecule has 192 valence electrons. The predicted octanol–water partition coefficient (Wildman–Crippen LogP) is 1.63. The molecule has 2 aromatic heterocycles. The Morgan fingerprint density at radius 2 is 2.14 bits per heavy atom. The fourth-order valence-corrected chi connectivity index (χ4v) is 6.35. The van der Waals surface area contributed by atoms with E-state index < -0.39 is 33.7 Å². The van der Waals surface area contributed by atoms with E-state index in [0.29, 0.717) is 41.0 Å². The number of halogens is 3. The Morgan fingerprint density at radius 3 is 2.75 bits per heavy atom. The van der Waals surface area contributed by atoms with Crippen molar-refractivity contribution in [2.24, 2.45) is 0 Å². The fourth-order valence-electron chi connectivity index (χ4n) is 4.28. The number of fused-ring (bicyclic) bond motifs is 1. The fraction of sp³-hybridized carbons (Fsp3) is 0.476. The first kappa shape index (κ1) is 24.9. The first-order valence-electron chi connectivity index (χ1n) is 10.9. The molecule has 2 N–H and O–H groups in total. The van der Waals surface area contributed by atoms with Crippen molar-refractivity contribution in [1.82, 2.24) is 30.0 Å². The van der Waals surface area contributed by atoms with Gasteiger partial charge >= 0.3 is 0 Å². The van der Waals surface area contributed by atoms with Gasteiger partial charge in [0.1, 0.15) is 12.2 Å². The number of nitrogens with zero attached hydrogens (tertiary/aromatic N) is 5. The monoisotopic (exact) mass is 541 g/mol. The van der Waals surface area contributed by atoms with E-state index in [0.717, 1.165) is 0 Å². The highest BCUT2D eigenvalue weighted by atomic mass is 32.2. The van der Waals surface area contributed by atoms with Crippen molar-refractivity contribution in [3.05, 3.63) is 23.3 Å². The summed E-state index contributed by atoms with van der Waals surface area (Å²) in [6.45, 7) is 1.76. The SMILES string of the molecule is C#C[C@H]1CN(c2cc(S(=O)(=O)NC3(CF)COC3)cc3c2cnn3-c2nnc(C(F)F)s2)C[C@H](C)N1. The third-order valence-corrected chi connectivity index (χ3v) is 8.50. The topological polar surface area (TPSA) is 114 Å². The number of piperazine rings is 1. The second-order valence-electron chi connectivity index (χ2n) is 8.86. The Hall–Kier alpha value is -2.77. The van der Waals surface area contributed by atoms with Crippen LogP contribution in [0.15, 0.2) is 23.2 Å². The maximum absolute atomic E-state index is 13.7. The molecule has 2 aliphatic heterocycles. The van der Waals surface area contributed by atoms with E-state index >= 15 is 0 Å². The van der Waals surface area contributed by atoms with Crippen molar-refractivity contribution < 1.29 is 26.3 Å². The quantitative estimate of drug-likeness (QED) is 0.434. The summed E-state index contributed by atoms with van der Waals surface area (Å²) >= 11 is 0.646. The molecular formula is C21H22F3N7O3S2. The number of anilines is 1. The molecule has 1 aromatic carbocycles. The number of benzene rings is 1. The predicted molar refractivity (Wildman–Crippen MR) is 127 cm³/mol. The average molecular weight is 542 g/mol. The Labute approximate surface area is 208 Å². The lowest BCUT2D eigenvalue weighted by Crippen LogP contribution is -2.63. The molecule has 0 aliphatic carbocycles. The molecule has 3 aromatic rings. The summed E-state index contributed by atoms with van der Waals surface area (Å²) in [4.78, 5) is 1.80. The molecule has 0 unspecified atom stereocenters. The number of ether oxygens (including phenoxy) is 1. The first-order chi connectivity index (χ1) is 17.1. The van der Waals surface area contributed by atoms with Crippen molar-refractivity contribution >= 4 is 38.0 Å². The zero-order valence-electron chi connectivity index (χ0n) is 19.0. The molecule has 0 amide bonds. The maximum atomic E-state index is 13.7. The zero-order valence-corrected chi connectivity index (χ0v) is 20.6. The Kier molecular flexibility index (Phi) is 6.41. The van der Waals surface area contributed by atoms with E-state index in [2.05, 4.69) is 31.3 Å². The van der Waals surface area contributed by atoms with Crippen LogP contribution < -0.4 is 14.9 Å². The van der Waals surface area contributed by atoms with Crippen LogP contribution in [0.1, 0.15) is 18.4 Å². The van der Waals surface area contributed by atoms with E-state index in [9.17, 15) is 21.6 Å². The number of hydrogen-bond donors (Lipinski definition) is 2. The van der Waals surface area contributed by atoms with Crippen LogP contribution in [0.5, 0.6) is 0 Å². The summed E-state index contributed by atoms with van der Waals surface area (Å²) < 4.78 is 75.4. The zero-order chi connectivity index (χ0) is 25.7. The van der Waals surface area contributed by atoms with Crippen LogP contribution in [-0.4, -0.2) is 79.0 Å². The Balaban J connectivity index is 1.65. The lowest BCUT2D eigenvalue weighted by molar-refractivity contribution is -0.0725. The van der Waals surface area contributed by atoms with Crippen LogP contribution >= 0.6 is 11.3 Å². The van der Waals surface area contributed by atoms with Gasteiger partial charge < -0.3 is 9.64 Å². The van der Waals surface area contributed by atoms with E-state index in [1.165, 1.54) is 23.0 Å². The van der Waals surface area contributed by atoms with Gasteiger partial charge in [-0.05, 0) is 19.1 Å². The maximum Gasteiger partial charge on any atom is 0.291 e. The molecule has 0 saturated carbocycles. The molecule has 2 atom stereocenters. The minimum absolute atomic E-state index is 0.00183. The number of sulfonamides is 1. The first-order valence-corrected chi connectivity index (χ1v) is 13.2. The van der Waals surface area contributed by atoms with E-state index in [1.807, 2.05) is 11.8 Å². The van der Waals surface area contributed by atoms with E-state index in [-0.39, 0.29) is 35.3 Å². The molecule has 5 rings (SSSR count). The van der Waals surface area contributed by atoms with Gasteiger partial charge in [-0.1, -0.05) is 17.3 Å². The van der Waals surface area contributed by atoms with Crippen molar-refractivity contribution in [3.63, 3.8) is 0 Å². The Morgan fingerprint density at radius 1 is 1.36 bits per heavy atom. The lowest BCUT2D eigenvalue weighted by atomic mass is 10.0. The van der Waals surface area contributed by atoms with Crippen molar-refractivity contribution in [3.8, 4) is 17.5 Å². The third-order valence-electron chi connectivity index (χ3n) is 6.04. The van der Waals surface area contributed by atoms with Crippen molar-refractivity contribution in [2.75, 3.05) is 37.9 Å². The highest BCUT2D eigenvalue weighted by Gasteiger charge is 2.43. The minimum Gasteiger partial charge on any atom is -0.377 e. The van der Waals surface area contributed by atoms with Crippen LogP contribution in [0.4, 0.5) is 18.9 Å². The molecule has 0 spiro atoms. The van der Waals surface area contributed by atoms with Gasteiger partial charge in [-0.25, -0.2) is 26.3 Å². The number of alkyl halides is 3. The normalized spacial score (nSPS) is 22.1. The highest BCUT2D eigenvalue weighted by Crippen LogP contribution is 2.35. The second-order valence-corrected chi connectivity index (χ2v) is 11.5. The summed E-state index contributed by atoms with van der Waals surface area (Å²) in [6.07, 6.45) is 4.35. The highest BCUT2D eigenvalue weighted by molar-refractivity contribution is 7.89. The van der Waals surface area contributed by atoms with Crippen molar-refractivity contribution in [2.45, 2.75) is 35.9 Å². The standard InChI is InChI=1S/C21H22F3N7O3S2/c1-3-13-8-30(7-12(2)26-13)16-4-14(36(32,33)29-21(9-22)10-34-11-21)5-17-15(16)6-25-31(17)20-28-27-19(35-20)18(23)24/h1,4-6,12-13,18,26,29H,7-11H2,2H3/t12-,13-/m0/s1. The van der Waals surface area contributed by atoms with Crippen molar-refractivity contribution in [1.29, 1.82) is 0 Å². The Bertz CT molecular complexity index is 1430. The van der Waals surface area contributed by atoms with Crippen LogP contribution in [0, 0.1) is 12.3 Å². The molecule has 2 saturated heterocycles. The van der Waals surface area contributed by atoms with Crippen LogP contribution in [-0.2, 0) is 14.8 Å². The van der Waals surface area contributed by atoms with Crippen LogP contribution in [0.3, 0.4) is 0 Å². The van der Waals surface area contributed by atoms with Gasteiger partial charge in [0.25, 0.3) is 6.43 Å². The van der Waals surface area contributed by atoms with E-state index in [1.54, 1.807) is 0 Å². The molecular weight excluding hydrogens is 519 g/mol. The van der Waals surface area contributed by atoms with Gasteiger partial charge in [-0.3, -0.25) is 5.32 Å². The molecule has 0 bridgehead atoms. The minimum atomic E-state index is -4.21. The molecule has 2 fully saturated rings. The average Bonchev–Trinajstić information content (AvgIpc) is 3.47. The molecule has 4 heterocycles. The molecule has 10 nitrogen and oxygen atoms in total. The molecule has 0 radical (unpaired) electrons. The third kappa shape index (κ3) is 4.43. The summed E-state index contributed by atoms with van der Waals surface area (Å²) in [5.74, 6) is 2.68. The second kappa shape index (κ2) is 9.27. The number of terminal acetylenes is 1. The van der Waals surface area contributed by atoms with Gasteiger partial charge in [0, 0.05) is 30.2 Å². The summed E-state index contributed by atoms with van der Waals surface area (Å²) in [5, 5.41) is 15.0. The van der Waals surface area contributed by atoms with Gasteiger partial charge in [-0.2, -0.15) is 9.82 Å². The molecule has 15 heteroatoms. The summed E-state index contributed by atoms with van der Waals surface area (Å²) in [5.41, 5.74) is -0.490. The number of hydrogen-bond acceptors (Lipinski definition) is 9. The van der Waals surface area contributed by atoms with Gasteiger partial charge in [0.15, 0.2) is 5.01 Å². The van der Waals surface area contributed by atoms with Gasteiger partial charge in [0.2, 0.25) is 15.2 Å². The number of nitrogens with one attached hydrogen (secondary N) is 2. The lowest BCUT2D eigenvalue weighted by Gasteiger charge is -2.39. The van der Waals surface area contributed by atoms with Gasteiger partial charge in [0.05, 0.1) is 35.9 Å². The van der Waals surface area contributed by atoms with E-state index in [4.69, 9.17) is 11.2 Å². The summed E-state index contributed by atoms with van der Waals surface area (Å²) in [7, 11) is -4.21. The smallest absolute Gasteiger partial charge is 0.291 e. The number of aromatic nitrogens is 4. The largest absolute Gasteiger partial charge is 0.377 e.